The maximum atomic E-state index is 11.3. The molecule has 1 fully saturated rings. The average Bonchev–Trinajstić information content (AvgIpc) is 2.67. The quantitative estimate of drug-likeness (QED) is 0.920. The van der Waals surface area contributed by atoms with Crippen LogP contribution in [0.3, 0.4) is 0 Å². The van der Waals surface area contributed by atoms with Crippen LogP contribution in [0.25, 0.3) is 0 Å². The maximum Gasteiger partial charge on any atom is 0.347 e. The van der Waals surface area contributed by atoms with E-state index in [-0.39, 0.29) is 5.92 Å². The zero-order valence-corrected chi connectivity index (χ0v) is 12.2. The minimum Gasteiger partial charge on any atom is -0.477 e. The Morgan fingerprint density at radius 1 is 1.53 bits per heavy atom. The standard InChI is InChI=1S/C13H20N2O3S/c1-3-9(2)10-11(12(16)17)19-13(14-10)15-5-4-7-18-8-6-15/h9H,3-8H2,1-2H3,(H,16,17). The fourth-order valence-corrected chi connectivity index (χ4v) is 3.15. The molecule has 0 spiro atoms. The van der Waals surface area contributed by atoms with Gasteiger partial charge in [0.15, 0.2) is 5.13 Å². The molecular formula is C13H20N2O3S. The van der Waals surface area contributed by atoms with Gasteiger partial charge in [-0.05, 0) is 18.8 Å². The molecule has 1 aliphatic rings. The van der Waals surface area contributed by atoms with Crippen molar-refractivity contribution in [3.63, 3.8) is 0 Å². The largest absolute Gasteiger partial charge is 0.477 e. The zero-order valence-electron chi connectivity index (χ0n) is 11.4. The lowest BCUT2D eigenvalue weighted by Gasteiger charge is -2.17. The van der Waals surface area contributed by atoms with Gasteiger partial charge in [-0.1, -0.05) is 25.2 Å². The van der Waals surface area contributed by atoms with Crippen LogP contribution in [-0.4, -0.2) is 42.4 Å². The van der Waals surface area contributed by atoms with Crippen molar-refractivity contribution in [3.8, 4) is 0 Å². The van der Waals surface area contributed by atoms with Crippen LogP contribution in [0.2, 0.25) is 0 Å². The smallest absolute Gasteiger partial charge is 0.347 e. The van der Waals surface area contributed by atoms with Crippen molar-refractivity contribution in [1.29, 1.82) is 0 Å². The topological polar surface area (TPSA) is 62.7 Å². The molecule has 2 heterocycles. The molecule has 0 bridgehead atoms. The van der Waals surface area contributed by atoms with Crippen molar-refractivity contribution >= 4 is 22.4 Å². The molecule has 19 heavy (non-hydrogen) atoms. The number of hydrogen-bond donors (Lipinski definition) is 1. The van der Waals surface area contributed by atoms with Gasteiger partial charge in [-0.3, -0.25) is 0 Å². The van der Waals surface area contributed by atoms with E-state index in [4.69, 9.17) is 4.74 Å². The van der Waals surface area contributed by atoms with Crippen LogP contribution in [0.15, 0.2) is 0 Å². The summed E-state index contributed by atoms with van der Waals surface area (Å²) in [4.78, 5) is 18.4. The first-order valence-corrected chi connectivity index (χ1v) is 7.51. The number of carboxylic acids is 1. The second-order valence-corrected chi connectivity index (χ2v) is 5.76. The Kier molecular flexibility index (Phi) is 4.76. The Balaban J connectivity index is 2.28. The third-order valence-corrected chi connectivity index (χ3v) is 4.53. The SMILES string of the molecule is CCC(C)c1nc(N2CCCOCC2)sc1C(=O)O. The van der Waals surface area contributed by atoms with Gasteiger partial charge in [0.2, 0.25) is 0 Å². The van der Waals surface area contributed by atoms with Crippen molar-refractivity contribution in [2.75, 3.05) is 31.2 Å². The van der Waals surface area contributed by atoms with Crippen molar-refractivity contribution in [2.45, 2.75) is 32.6 Å². The molecule has 1 aromatic heterocycles. The van der Waals surface area contributed by atoms with Crippen LogP contribution in [-0.2, 0) is 4.74 Å². The van der Waals surface area contributed by atoms with Crippen molar-refractivity contribution in [2.24, 2.45) is 0 Å². The summed E-state index contributed by atoms with van der Waals surface area (Å²) in [6.45, 7) is 7.19. The van der Waals surface area contributed by atoms with E-state index in [1.54, 1.807) is 0 Å². The van der Waals surface area contributed by atoms with E-state index in [0.29, 0.717) is 11.5 Å². The molecule has 6 heteroatoms. The molecule has 0 saturated carbocycles. The predicted octanol–water partition coefficient (Wildman–Crippen LogP) is 2.58. The monoisotopic (exact) mass is 284 g/mol. The minimum atomic E-state index is -0.870. The molecule has 1 N–H and O–H groups in total. The number of thiazole rings is 1. The number of anilines is 1. The maximum absolute atomic E-state index is 11.3. The van der Waals surface area contributed by atoms with Gasteiger partial charge in [0.25, 0.3) is 0 Å². The molecule has 1 saturated heterocycles. The lowest BCUT2D eigenvalue weighted by atomic mass is 10.0. The summed E-state index contributed by atoms with van der Waals surface area (Å²) in [6.07, 6.45) is 1.85. The van der Waals surface area contributed by atoms with E-state index in [9.17, 15) is 9.90 Å². The van der Waals surface area contributed by atoms with Gasteiger partial charge < -0.3 is 14.7 Å². The van der Waals surface area contributed by atoms with Gasteiger partial charge in [-0.15, -0.1) is 0 Å². The minimum absolute atomic E-state index is 0.180. The number of nitrogens with zero attached hydrogens (tertiary/aromatic N) is 2. The number of carbonyl (C=O) groups is 1. The van der Waals surface area contributed by atoms with Gasteiger partial charge in [0.1, 0.15) is 4.88 Å². The van der Waals surface area contributed by atoms with Crippen molar-refractivity contribution in [3.05, 3.63) is 10.6 Å². The van der Waals surface area contributed by atoms with Gasteiger partial charge in [0, 0.05) is 19.7 Å². The fourth-order valence-electron chi connectivity index (χ4n) is 2.07. The van der Waals surface area contributed by atoms with Crippen LogP contribution in [0, 0.1) is 0 Å². The molecule has 1 atom stereocenters. The molecule has 0 aromatic carbocycles. The second kappa shape index (κ2) is 6.34. The number of rotatable bonds is 4. The van der Waals surface area contributed by atoms with Crippen LogP contribution >= 0.6 is 11.3 Å². The first-order valence-electron chi connectivity index (χ1n) is 6.70. The Hall–Kier alpha value is -1.14. The van der Waals surface area contributed by atoms with Crippen LogP contribution in [0.1, 0.15) is 48.0 Å². The number of ether oxygens (including phenoxy) is 1. The Bertz CT molecular complexity index is 439. The first kappa shape index (κ1) is 14.3. The number of aromatic carboxylic acids is 1. The van der Waals surface area contributed by atoms with Crippen molar-refractivity contribution < 1.29 is 14.6 Å². The highest BCUT2D eigenvalue weighted by molar-refractivity contribution is 7.17. The third kappa shape index (κ3) is 3.25. The Morgan fingerprint density at radius 3 is 3.00 bits per heavy atom. The predicted molar refractivity (Wildman–Crippen MR) is 75.4 cm³/mol. The third-order valence-electron chi connectivity index (χ3n) is 3.41. The molecular weight excluding hydrogens is 264 g/mol. The number of hydrogen-bond acceptors (Lipinski definition) is 5. The molecule has 106 valence electrons. The highest BCUT2D eigenvalue weighted by Gasteiger charge is 2.23. The van der Waals surface area contributed by atoms with Crippen LogP contribution in [0.4, 0.5) is 5.13 Å². The summed E-state index contributed by atoms with van der Waals surface area (Å²) >= 11 is 1.29. The van der Waals surface area contributed by atoms with Gasteiger partial charge in [-0.2, -0.15) is 0 Å². The molecule has 0 amide bonds. The van der Waals surface area contributed by atoms with Crippen LogP contribution in [0.5, 0.6) is 0 Å². The van der Waals surface area contributed by atoms with E-state index in [1.807, 2.05) is 6.92 Å². The van der Waals surface area contributed by atoms with E-state index < -0.39 is 5.97 Å². The highest BCUT2D eigenvalue weighted by atomic mass is 32.1. The zero-order chi connectivity index (χ0) is 13.8. The van der Waals surface area contributed by atoms with E-state index in [1.165, 1.54) is 11.3 Å². The average molecular weight is 284 g/mol. The Morgan fingerprint density at radius 2 is 2.32 bits per heavy atom. The summed E-state index contributed by atoms with van der Waals surface area (Å²) in [6, 6.07) is 0. The number of carboxylic acid groups (broad SMARTS) is 1. The summed E-state index contributed by atoms with van der Waals surface area (Å²) in [5.74, 6) is -0.690. The lowest BCUT2D eigenvalue weighted by molar-refractivity contribution is 0.0700. The van der Waals surface area contributed by atoms with Gasteiger partial charge in [0.05, 0.1) is 12.3 Å². The van der Waals surface area contributed by atoms with E-state index >= 15 is 0 Å². The Labute approximate surface area is 117 Å². The summed E-state index contributed by atoms with van der Waals surface area (Å²) < 4.78 is 5.42. The summed E-state index contributed by atoms with van der Waals surface area (Å²) in [5.41, 5.74) is 0.722. The molecule has 2 rings (SSSR count). The number of aromatic nitrogens is 1. The van der Waals surface area contributed by atoms with Crippen LogP contribution < -0.4 is 4.90 Å². The van der Waals surface area contributed by atoms with E-state index in [2.05, 4.69) is 16.8 Å². The molecule has 0 radical (unpaired) electrons. The molecule has 0 aliphatic carbocycles. The summed E-state index contributed by atoms with van der Waals surface area (Å²) in [7, 11) is 0. The molecule has 5 nitrogen and oxygen atoms in total. The molecule has 1 aliphatic heterocycles. The first-order chi connectivity index (χ1) is 9.13. The summed E-state index contributed by atoms with van der Waals surface area (Å²) in [5, 5.41) is 10.1. The molecule has 1 unspecified atom stereocenters. The fraction of sp³-hybridized carbons (Fsp3) is 0.692. The molecule has 1 aromatic rings. The van der Waals surface area contributed by atoms with Gasteiger partial charge in [-0.25, -0.2) is 9.78 Å². The van der Waals surface area contributed by atoms with Gasteiger partial charge >= 0.3 is 5.97 Å². The second-order valence-electron chi connectivity index (χ2n) is 4.78. The van der Waals surface area contributed by atoms with Crippen molar-refractivity contribution in [1.82, 2.24) is 4.98 Å². The lowest BCUT2D eigenvalue weighted by Crippen LogP contribution is -2.25. The van der Waals surface area contributed by atoms with E-state index in [0.717, 1.165) is 43.4 Å². The highest BCUT2D eigenvalue weighted by Crippen LogP contribution is 2.32. The normalized spacial score (nSPS) is 18.1.